The number of para-hydroxylation sites is 1. The third kappa shape index (κ3) is 1.68. The lowest BCUT2D eigenvalue weighted by atomic mass is 10.2. The van der Waals surface area contributed by atoms with Crippen LogP contribution < -0.4 is 5.73 Å². The van der Waals surface area contributed by atoms with Crippen LogP contribution in [-0.2, 0) is 6.42 Å². The molecule has 3 rings (SSSR count). The fraction of sp³-hybridized carbons (Fsp3) is 0.182. The molecule has 0 aliphatic carbocycles. The summed E-state index contributed by atoms with van der Waals surface area (Å²) in [6.45, 7) is 0.527. The monoisotopic (exact) mass is 228 g/mol. The number of rotatable bonds is 3. The Balaban J connectivity index is 2.07. The van der Waals surface area contributed by atoms with E-state index >= 15 is 0 Å². The molecule has 0 aliphatic heterocycles. The molecule has 86 valence electrons. The number of aromatic amines is 1. The Hall–Kier alpha value is -2.21. The molecule has 1 aromatic carbocycles. The summed E-state index contributed by atoms with van der Waals surface area (Å²) in [5, 5.41) is 13.3. The minimum atomic E-state index is 0.527. The van der Waals surface area contributed by atoms with Crippen molar-refractivity contribution in [1.29, 1.82) is 0 Å². The average molecular weight is 228 g/mol. The number of hydrogen-bond donors (Lipinski definition) is 2. The molecule has 0 aliphatic rings. The average Bonchev–Trinajstić information content (AvgIpc) is 2.95. The molecule has 0 fully saturated rings. The molecule has 0 atom stereocenters. The van der Waals surface area contributed by atoms with E-state index in [2.05, 4.69) is 20.4 Å². The Morgan fingerprint density at radius 3 is 3.06 bits per heavy atom. The second-order valence-corrected chi connectivity index (χ2v) is 3.75. The molecule has 17 heavy (non-hydrogen) atoms. The number of nitrogens with two attached hydrogens (primary N) is 1. The molecule has 2 aromatic heterocycles. The van der Waals surface area contributed by atoms with Crippen molar-refractivity contribution in [3.05, 3.63) is 36.3 Å². The molecule has 0 radical (unpaired) electrons. The predicted octanol–water partition coefficient (Wildman–Crippen LogP) is 0.645. The molecule has 3 N–H and O–H groups in total. The molecule has 0 saturated carbocycles. The molecule has 0 spiro atoms. The highest BCUT2D eigenvalue weighted by molar-refractivity contribution is 5.87. The van der Waals surface area contributed by atoms with Gasteiger partial charge in [0.2, 0.25) is 0 Å². The van der Waals surface area contributed by atoms with Gasteiger partial charge in [-0.25, -0.2) is 0 Å². The van der Waals surface area contributed by atoms with Gasteiger partial charge in [-0.3, -0.25) is 0 Å². The minimum Gasteiger partial charge on any atom is -0.359 e. The van der Waals surface area contributed by atoms with E-state index in [9.17, 15) is 0 Å². The zero-order chi connectivity index (χ0) is 11.7. The van der Waals surface area contributed by atoms with Gasteiger partial charge in [0.05, 0.1) is 0 Å². The second kappa shape index (κ2) is 3.99. The zero-order valence-corrected chi connectivity index (χ0v) is 9.17. The highest BCUT2D eigenvalue weighted by Gasteiger charge is 2.08. The van der Waals surface area contributed by atoms with E-state index in [4.69, 9.17) is 5.73 Å². The first-order chi connectivity index (χ1) is 8.38. The molecule has 0 amide bonds. The topological polar surface area (TPSA) is 85.4 Å². The maximum absolute atomic E-state index is 5.46. The standard InChI is InChI=1S/C11H12N6/c12-6-5-11-14-16-17(15-11)10-7-13-9-4-2-1-3-8(9)10/h1-4,7,13H,5-6,12H2. The maximum atomic E-state index is 5.46. The van der Waals surface area contributed by atoms with Gasteiger partial charge in [-0.1, -0.05) is 18.2 Å². The number of aromatic nitrogens is 5. The van der Waals surface area contributed by atoms with Gasteiger partial charge in [-0.05, 0) is 17.8 Å². The van der Waals surface area contributed by atoms with Crippen LogP contribution in [0.25, 0.3) is 16.6 Å². The molecule has 0 unspecified atom stereocenters. The molecule has 2 heterocycles. The van der Waals surface area contributed by atoms with Crippen molar-refractivity contribution >= 4 is 10.9 Å². The van der Waals surface area contributed by atoms with Gasteiger partial charge in [-0.15, -0.1) is 15.0 Å². The van der Waals surface area contributed by atoms with Crippen LogP contribution in [0.1, 0.15) is 5.82 Å². The lowest BCUT2D eigenvalue weighted by Gasteiger charge is -1.94. The zero-order valence-electron chi connectivity index (χ0n) is 9.17. The van der Waals surface area contributed by atoms with Gasteiger partial charge >= 0.3 is 0 Å². The Labute approximate surface area is 97.4 Å². The van der Waals surface area contributed by atoms with Crippen LogP contribution in [0.3, 0.4) is 0 Å². The van der Waals surface area contributed by atoms with Crippen molar-refractivity contribution in [3.8, 4) is 5.69 Å². The fourth-order valence-corrected chi connectivity index (χ4v) is 1.80. The largest absolute Gasteiger partial charge is 0.359 e. The van der Waals surface area contributed by atoms with Crippen LogP contribution in [0.4, 0.5) is 0 Å². The molecule has 6 heteroatoms. The van der Waals surface area contributed by atoms with Crippen LogP contribution in [-0.4, -0.2) is 31.7 Å². The first kappa shape index (κ1) is 9.98. The van der Waals surface area contributed by atoms with E-state index in [0.29, 0.717) is 18.8 Å². The normalized spacial score (nSPS) is 11.1. The van der Waals surface area contributed by atoms with Gasteiger partial charge in [0, 0.05) is 23.5 Å². The lowest BCUT2D eigenvalue weighted by Crippen LogP contribution is -2.05. The van der Waals surface area contributed by atoms with Crippen molar-refractivity contribution in [1.82, 2.24) is 25.2 Å². The van der Waals surface area contributed by atoms with Crippen LogP contribution in [0.2, 0.25) is 0 Å². The Morgan fingerprint density at radius 2 is 2.18 bits per heavy atom. The summed E-state index contributed by atoms with van der Waals surface area (Å²) in [7, 11) is 0. The molecular weight excluding hydrogens is 216 g/mol. The van der Waals surface area contributed by atoms with E-state index in [-0.39, 0.29) is 0 Å². The number of fused-ring (bicyclic) bond motifs is 1. The van der Waals surface area contributed by atoms with E-state index in [1.54, 1.807) is 0 Å². The van der Waals surface area contributed by atoms with E-state index in [0.717, 1.165) is 16.6 Å². The Kier molecular flexibility index (Phi) is 2.34. The summed E-state index contributed by atoms with van der Waals surface area (Å²) in [4.78, 5) is 4.71. The highest BCUT2D eigenvalue weighted by atomic mass is 15.6. The molecule has 0 saturated heterocycles. The third-order valence-electron chi connectivity index (χ3n) is 2.61. The summed E-state index contributed by atoms with van der Waals surface area (Å²) >= 11 is 0. The molecular formula is C11H12N6. The summed E-state index contributed by atoms with van der Waals surface area (Å²) in [6, 6.07) is 8.00. The van der Waals surface area contributed by atoms with Crippen LogP contribution in [0.5, 0.6) is 0 Å². The van der Waals surface area contributed by atoms with E-state index < -0.39 is 0 Å². The van der Waals surface area contributed by atoms with Gasteiger partial charge in [0.15, 0.2) is 5.82 Å². The number of tetrazole rings is 1. The van der Waals surface area contributed by atoms with Crippen molar-refractivity contribution in [2.24, 2.45) is 5.73 Å². The van der Waals surface area contributed by atoms with Gasteiger partial charge < -0.3 is 10.7 Å². The number of nitrogens with zero attached hydrogens (tertiary/aromatic N) is 4. The number of hydrogen-bond acceptors (Lipinski definition) is 4. The molecule has 0 bridgehead atoms. The smallest absolute Gasteiger partial charge is 0.176 e. The van der Waals surface area contributed by atoms with E-state index in [1.807, 2.05) is 30.5 Å². The molecule has 3 aromatic rings. The van der Waals surface area contributed by atoms with Gasteiger partial charge in [-0.2, -0.15) is 0 Å². The third-order valence-corrected chi connectivity index (χ3v) is 2.61. The number of nitrogens with one attached hydrogen (secondary N) is 1. The van der Waals surface area contributed by atoms with Crippen molar-refractivity contribution < 1.29 is 0 Å². The SMILES string of the molecule is NCCc1nnn(-c2c[nH]c3ccccc23)n1. The minimum absolute atomic E-state index is 0.527. The summed E-state index contributed by atoms with van der Waals surface area (Å²) in [6.07, 6.45) is 2.51. The summed E-state index contributed by atoms with van der Waals surface area (Å²) in [5.74, 6) is 0.665. The summed E-state index contributed by atoms with van der Waals surface area (Å²) in [5.41, 5.74) is 7.41. The fourth-order valence-electron chi connectivity index (χ4n) is 1.80. The summed E-state index contributed by atoms with van der Waals surface area (Å²) < 4.78 is 0. The Morgan fingerprint density at radius 1 is 1.29 bits per heavy atom. The van der Waals surface area contributed by atoms with Crippen molar-refractivity contribution in [2.45, 2.75) is 6.42 Å². The van der Waals surface area contributed by atoms with Gasteiger partial charge in [0.25, 0.3) is 0 Å². The predicted molar refractivity (Wildman–Crippen MR) is 63.8 cm³/mol. The maximum Gasteiger partial charge on any atom is 0.176 e. The Bertz CT molecular complexity index is 638. The van der Waals surface area contributed by atoms with Crippen LogP contribution in [0, 0.1) is 0 Å². The first-order valence-corrected chi connectivity index (χ1v) is 5.44. The molecule has 6 nitrogen and oxygen atoms in total. The first-order valence-electron chi connectivity index (χ1n) is 5.44. The van der Waals surface area contributed by atoms with Gasteiger partial charge in [0.1, 0.15) is 5.69 Å². The quantitative estimate of drug-likeness (QED) is 0.689. The van der Waals surface area contributed by atoms with Crippen molar-refractivity contribution in [3.63, 3.8) is 0 Å². The highest BCUT2D eigenvalue weighted by Crippen LogP contribution is 2.19. The van der Waals surface area contributed by atoms with Crippen molar-refractivity contribution in [2.75, 3.05) is 6.54 Å². The second-order valence-electron chi connectivity index (χ2n) is 3.75. The lowest BCUT2D eigenvalue weighted by molar-refractivity contribution is 0.721. The number of H-pyrrole nitrogens is 1. The van der Waals surface area contributed by atoms with E-state index in [1.165, 1.54) is 4.80 Å². The van der Waals surface area contributed by atoms with Crippen LogP contribution >= 0.6 is 0 Å². The van der Waals surface area contributed by atoms with Crippen LogP contribution in [0.15, 0.2) is 30.5 Å². The number of benzene rings is 1.